The van der Waals surface area contributed by atoms with Gasteiger partial charge in [-0.2, -0.15) is 0 Å². The van der Waals surface area contributed by atoms with Gasteiger partial charge >= 0.3 is 0 Å². The summed E-state index contributed by atoms with van der Waals surface area (Å²) in [5.41, 5.74) is 0.819. The van der Waals surface area contributed by atoms with Crippen LogP contribution in [0.25, 0.3) is 0 Å². The fourth-order valence-corrected chi connectivity index (χ4v) is 3.80. The van der Waals surface area contributed by atoms with Crippen molar-refractivity contribution in [3.63, 3.8) is 0 Å². The molecule has 2 rings (SSSR count). The van der Waals surface area contributed by atoms with Crippen molar-refractivity contribution in [3.05, 3.63) is 27.7 Å². The number of hydrogen-bond acceptors (Lipinski definition) is 2. The summed E-state index contributed by atoms with van der Waals surface area (Å²) < 4.78 is 0.885. The predicted molar refractivity (Wildman–Crippen MR) is 94.0 cm³/mol. The number of nitrogens with one attached hydrogen (secondary N) is 1. The molecule has 2 nitrogen and oxygen atoms in total. The molecule has 2 atom stereocenters. The van der Waals surface area contributed by atoms with Gasteiger partial charge in [-0.25, -0.2) is 0 Å². The average Bonchev–Trinajstić information content (AvgIpc) is 2.66. The van der Waals surface area contributed by atoms with Crippen molar-refractivity contribution in [3.8, 4) is 0 Å². The van der Waals surface area contributed by atoms with Gasteiger partial charge in [0.15, 0.2) is 0 Å². The zero-order valence-electron chi connectivity index (χ0n) is 12.8. The van der Waals surface area contributed by atoms with Crippen LogP contribution in [0.2, 0.25) is 5.02 Å². The predicted octanol–water partition coefficient (Wildman–Crippen LogP) is 5.48. The topological polar surface area (TPSA) is 32.3 Å². The summed E-state index contributed by atoms with van der Waals surface area (Å²) in [6.45, 7) is 4.79. The molecule has 1 saturated carbocycles. The first kappa shape index (κ1) is 17.1. The Labute approximate surface area is 141 Å². The standard InChI is InChI=1S/C17H25BrClNO/c1-12(2)13-4-3-8-17(11-21,9-7-13)20-14-5-6-16(19)15(18)10-14/h5-6,10,12-13,20-21H,3-4,7-9,11H2,1-2H3. The lowest BCUT2D eigenvalue weighted by Crippen LogP contribution is -2.41. The van der Waals surface area contributed by atoms with Gasteiger partial charge < -0.3 is 10.4 Å². The highest BCUT2D eigenvalue weighted by molar-refractivity contribution is 9.10. The molecule has 4 heteroatoms. The van der Waals surface area contributed by atoms with Crippen molar-refractivity contribution in [2.45, 2.75) is 51.5 Å². The Morgan fingerprint density at radius 2 is 2.14 bits per heavy atom. The van der Waals surface area contributed by atoms with E-state index in [0.29, 0.717) is 5.02 Å². The van der Waals surface area contributed by atoms with Crippen LogP contribution in [0.3, 0.4) is 0 Å². The molecule has 0 heterocycles. The second kappa shape index (κ2) is 7.34. The van der Waals surface area contributed by atoms with Crippen LogP contribution in [0.4, 0.5) is 5.69 Å². The third kappa shape index (κ3) is 4.37. The zero-order chi connectivity index (χ0) is 15.5. The maximum atomic E-state index is 9.98. The van der Waals surface area contributed by atoms with Crippen LogP contribution in [0.15, 0.2) is 22.7 Å². The quantitative estimate of drug-likeness (QED) is 0.684. The highest BCUT2D eigenvalue weighted by Crippen LogP contribution is 2.36. The number of aliphatic hydroxyl groups excluding tert-OH is 1. The molecule has 2 N–H and O–H groups in total. The molecule has 0 amide bonds. The second-order valence-electron chi connectivity index (χ2n) is 6.63. The Morgan fingerprint density at radius 3 is 2.76 bits per heavy atom. The van der Waals surface area contributed by atoms with Gasteiger partial charge in [0.2, 0.25) is 0 Å². The molecule has 1 aliphatic carbocycles. The van der Waals surface area contributed by atoms with Gasteiger partial charge in [0.1, 0.15) is 0 Å². The minimum absolute atomic E-state index is 0.179. The van der Waals surface area contributed by atoms with Crippen molar-refractivity contribution in [1.82, 2.24) is 0 Å². The molecular weight excluding hydrogens is 350 g/mol. The first-order chi connectivity index (χ1) is 9.96. The normalized spacial score (nSPS) is 26.7. The minimum Gasteiger partial charge on any atom is -0.394 e. The summed E-state index contributed by atoms with van der Waals surface area (Å²) in [5.74, 6) is 1.50. The maximum Gasteiger partial charge on any atom is 0.0661 e. The van der Waals surface area contributed by atoms with Crippen molar-refractivity contribution < 1.29 is 5.11 Å². The summed E-state index contributed by atoms with van der Waals surface area (Å²) in [5, 5.41) is 14.3. The Morgan fingerprint density at radius 1 is 1.38 bits per heavy atom. The van der Waals surface area contributed by atoms with Gasteiger partial charge in [0.25, 0.3) is 0 Å². The Balaban J connectivity index is 2.12. The Bertz CT molecular complexity index is 480. The van der Waals surface area contributed by atoms with Crippen LogP contribution in [0, 0.1) is 11.8 Å². The number of rotatable bonds is 4. The van der Waals surface area contributed by atoms with E-state index in [4.69, 9.17) is 11.6 Å². The maximum absolute atomic E-state index is 9.98. The first-order valence-electron chi connectivity index (χ1n) is 7.80. The van der Waals surface area contributed by atoms with E-state index in [1.54, 1.807) is 0 Å². The van der Waals surface area contributed by atoms with Crippen molar-refractivity contribution in [2.24, 2.45) is 11.8 Å². The molecular formula is C17H25BrClNO. The smallest absolute Gasteiger partial charge is 0.0661 e. The molecule has 118 valence electrons. The molecule has 1 aliphatic rings. The van der Waals surface area contributed by atoms with Gasteiger partial charge in [0, 0.05) is 10.2 Å². The Kier molecular flexibility index (Phi) is 5.98. The van der Waals surface area contributed by atoms with Gasteiger partial charge in [-0.3, -0.25) is 0 Å². The molecule has 0 radical (unpaired) electrons. The van der Waals surface area contributed by atoms with E-state index >= 15 is 0 Å². The van der Waals surface area contributed by atoms with E-state index < -0.39 is 0 Å². The van der Waals surface area contributed by atoms with Crippen LogP contribution in [0.1, 0.15) is 46.0 Å². The van der Waals surface area contributed by atoms with Gasteiger partial charge in [-0.1, -0.05) is 38.3 Å². The van der Waals surface area contributed by atoms with Crippen LogP contribution in [0.5, 0.6) is 0 Å². The van der Waals surface area contributed by atoms with E-state index in [1.165, 1.54) is 19.3 Å². The summed E-state index contributed by atoms with van der Waals surface area (Å²) in [6.07, 6.45) is 5.66. The molecule has 1 fully saturated rings. The third-order valence-corrected chi connectivity index (χ3v) is 6.01. The van der Waals surface area contributed by atoms with Gasteiger partial charge in [-0.15, -0.1) is 0 Å². The third-order valence-electron chi connectivity index (χ3n) is 4.80. The number of benzene rings is 1. The van der Waals surface area contributed by atoms with Crippen LogP contribution in [-0.2, 0) is 0 Å². The second-order valence-corrected chi connectivity index (χ2v) is 7.89. The molecule has 2 unspecified atom stereocenters. The highest BCUT2D eigenvalue weighted by Gasteiger charge is 2.33. The number of halogens is 2. The van der Waals surface area contributed by atoms with Crippen molar-refractivity contribution in [1.29, 1.82) is 0 Å². The lowest BCUT2D eigenvalue weighted by molar-refractivity contribution is 0.193. The largest absolute Gasteiger partial charge is 0.394 e. The molecule has 0 aromatic heterocycles. The van der Waals surface area contributed by atoms with E-state index in [2.05, 4.69) is 35.1 Å². The molecule has 0 aliphatic heterocycles. The molecule has 21 heavy (non-hydrogen) atoms. The van der Waals surface area contributed by atoms with Crippen molar-refractivity contribution >= 4 is 33.2 Å². The van der Waals surface area contributed by atoms with Crippen LogP contribution < -0.4 is 5.32 Å². The summed E-state index contributed by atoms with van der Waals surface area (Å²) in [7, 11) is 0. The lowest BCUT2D eigenvalue weighted by Gasteiger charge is -2.33. The monoisotopic (exact) mass is 373 g/mol. The fraction of sp³-hybridized carbons (Fsp3) is 0.647. The summed E-state index contributed by atoms with van der Waals surface area (Å²) in [6, 6.07) is 5.85. The first-order valence-corrected chi connectivity index (χ1v) is 8.97. The zero-order valence-corrected chi connectivity index (χ0v) is 15.2. The fourth-order valence-electron chi connectivity index (χ4n) is 3.30. The Hall–Kier alpha value is -0.250. The van der Waals surface area contributed by atoms with Crippen LogP contribution >= 0.6 is 27.5 Å². The van der Waals surface area contributed by atoms with E-state index in [9.17, 15) is 5.11 Å². The van der Waals surface area contributed by atoms with E-state index in [1.807, 2.05) is 18.2 Å². The van der Waals surface area contributed by atoms with Gasteiger partial charge in [0.05, 0.1) is 17.2 Å². The SMILES string of the molecule is CC(C)C1CCCC(CO)(Nc2ccc(Cl)c(Br)c2)CC1. The molecule has 1 aromatic carbocycles. The summed E-state index contributed by atoms with van der Waals surface area (Å²) >= 11 is 9.51. The molecule has 1 aromatic rings. The van der Waals surface area contributed by atoms with E-state index in [-0.39, 0.29) is 12.1 Å². The van der Waals surface area contributed by atoms with Crippen molar-refractivity contribution in [2.75, 3.05) is 11.9 Å². The number of anilines is 1. The highest BCUT2D eigenvalue weighted by atomic mass is 79.9. The molecule has 0 saturated heterocycles. The number of aliphatic hydroxyl groups is 1. The number of hydrogen-bond donors (Lipinski definition) is 2. The molecule has 0 spiro atoms. The van der Waals surface area contributed by atoms with E-state index in [0.717, 1.165) is 34.8 Å². The average molecular weight is 375 g/mol. The lowest BCUT2D eigenvalue weighted by atomic mass is 9.86. The molecule has 0 bridgehead atoms. The van der Waals surface area contributed by atoms with Crippen LogP contribution in [-0.4, -0.2) is 17.3 Å². The van der Waals surface area contributed by atoms with Gasteiger partial charge in [-0.05, 0) is 65.2 Å². The minimum atomic E-state index is -0.198. The summed E-state index contributed by atoms with van der Waals surface area (Å²) in [4.78, 5) is 0.